The minimum absolute atomic E-state index is 0.00995. The van der Waals surface area contributed by atoms with Crippen LogP contribution < -0.4 is 20.9 Å². The van der Waals surface area contributed by atoms with Gasteiger partial charge in [-0.05, 0) is 41.8 Å². The molecule has 2 aromatic carbocycles. The second kappa shape index (κ2) is 9.56. The Morgan fingerprint density at radius 1 is 0.680 bits per heavy atom. The molecule has 0 saturated carbocycles. The monoisotopic (exact) mass is 342 g/mol. The van der Waals surface area contributed by atoms with Crippen molar-refractivity contribution in [2.24, 2.45) is 11.5 Å². The zero-order valence-electron chi connectivity index (χ0n) is 13.9. The van der Waals surface area contributed by atoms with E-state index in [2.05, 4.69) is 0 Å². The van der Waals surface area contributed by atoms with E-state index in [4.69, 9.17) is 20.9 Å². The van der Waals surface area contributed by atoms with E-state index in [1.165, 1.54) is 0 Å². The molecule has 0 fully saturated rings. The second-order valence-corrected chi connectivity index (χ2v) is 5.53. The first kappa shape index (κ1) is 18.6. The molecule has 0 atom stereocenters. The molecule has 6 nitrogen and oxygen atoms in total. The highest BCUT2D eigenvalue weighted by Crippen LogP contribution is 2.18. The normalized spacial score (nSPS) is 10.3. The molecule has 25 heavy (non-hydrogen) atoms. The average Bonchev–Trinajstić information content (AvgIpc) is 2.66. The van der Waals surface area contributed by atoms with Crippen LogP contribution >= 0.6 is 0 Å². The molecule has 6 heteroatoms. The molecule has 0 bridgehead atoms. The van der Waals surface area contributed by atoms with Gasteiger partial charge in [0.1, 0.15) is 24.7 Å². The van der Waals surface area contributed by atoms with E-state index in [-0.39, 0.29) is 37.9 Å². The Morgan fingerprint density at radius 2 is 1.04 bits per heavy atom. The average molecular weight is 342 g/mol. The van der Waals surface area contributed by atoms with Gasteiger partial charge in [0.15, 0.2) is 11.6 Å². The van der Waals surface area contributed by atoms with E-state index in [1.807, 2.05) is 48.5 Å². The summed E-state index contributed by atoms with van der Waals surface area (Å²) >= 11 is 0. The standard InChI is InChI=1S/C19H22N2O4/c20-10-16(22)12-24-18-5-1-14(2-6-18)9-15-3-7-19(8-4-15)25-13-17(23)11-21/h1-8H,9-13,20-21H2. The number of ketones is 2. The predicted octanol–water partition coefficient (Wildman–Crippen LogP) is 1.09. The van der Waals surface area contributed by atoms with Crippen LogP contribution in [-0.4, -0.2) is 37.9 Å². The van der Waals surface area contributed by atoms with Crippen LogP contribution in [0.4, 0.5) is 0 Å². The number of carbonyl (C=O) groups is 2. The molecule has 132 valence electrons. The number of hydrogen-bond acceptors (Lipinski definition) is 6. The summed E-state index contributed by atoms with van der Waals surface area (Å²) in [5, 5.41) is 0. The molecule has 0 heterocycles. The number of benzene rings is 2. The van der Waals surface area contributed by atoms with Gasteiger partial charge in [-0.3, -0.25) is 9.59 Å². The second-order valence-electron chi connectivity index (χ2n) is 5.53. The summed E-state index contributed by atoms with van der Waals surface area (Å²) in [4.78, 5) is 22.3. The van der Waals surface area contributed by atoms with Gasteiger partial charge in [0, 0.05) is 0 Å². The van der Waals surface area contributed by atoms with Crippen molar-refractivity contribution in [1.29, 1.82) is 0 Å². The largest absolute Gasteiger partial charge is 0.486 e. The maximum Gasteiger partial charge on any atom is 0.183 e. The van der Waals surface area contributed by atoms with Gasteiger partial charge in [-0.25, -0.2) is 0 Å². The molecule has 0 aliphatic heterocycles. The summed E-state index contributed by atoms with van der Waals surface area (Å²) in [7, 11) is 0. The van der Waals surface area contributed by atoms with E-state index >= 15 is 0 Å². The van der Waals surface area contributed by atoms with Crippen molar-refractivity contribution in [2.75, 3.05) is 26.3 Å². The van der Waals surface area contributed by atoms with Crippen molar-refractivity contribution in [3.63, 3.8) is 0 Å². The zero-order valence-corrected chi connectivity index (χ0v) is 13.9. The summed E-state index contributed by atoms with van der Waals surface area (Å²) < 4.78 is 10.7. The smallest absolute Gasteiger partial charge is 0.183 e. The lowest BCUT2D eigenvalue weighted by Gasteiger charge is -2.08. The van der Waals surface area contributed by atoms with Crippen molar-refractivity contribution in [3.8, 4) is 11.5 Å². The van der Waals surface area contributed by atoms with Crippen LogP contribution in [0.5, 0.6) is 11.5 Å². The lowest BCUT2D eigenvalue weighted by Crippen LogP contribution is -2.20. The predicted molar refractivity (Wildman–Crippen MR) is 94.8 cm³/mol. The molecule has 0 aliphatic rings. The van der Waals surface area contributed by atoms with E-state index < -0.39 is 0 Å². The Labute approximate surface area is 146 Å². The van der Waals surface area contributed by atoms with Crippen LogP contribution in [0, 0.1) is 0 Å². The Bertz CT molecular complexity index is 635. The summed E-state index contributed by atoms with van der Waals surface area (Å²) in [6.07, 6.45) is 0.754. The number of carbonyl (C=O) groups excluding carboxylic acids is 2. The van der Waals surface area contributed by atoms with Gasteiger partial charge >= 0.3 is 0 Å². The summed E-state index contributed by atoms with van der Waals surface area (Å²) in [6.45, 7) is -0.0513. The maximum atomic E-state index is 11.1. The highest BCUT2D eigenvalue weighted by Gasteiger charge is 2.03. The minimum atomic E-state index is -0.139. The number of ether oxygens (including phenoxy) is 2. The van der Waals surface area contributed by atoms with Crippen LogP contribution in [-0.2, 0) is 16.0 Å². The highest BCUT2D eigenvalue weighted by atomic mass is 16.5. The third-order valence-corrected chi connectivity index (χ3v) is 3.51. The number of rotatable bonds is 10. The van der Waals surface area contributed by atoms with Gasteiger partial charge in [0.05, 0.1) is 13.1 Å². The fraction of sp³-hybridized carbons (Fsp3) is 0.263. The van der Waals surface area contributed by atoms with Gasteiger partial charge in [-0.15, -0.1) is 0 Å². The Morgan fingerprint density at radius 3 is 1.36 bits per heavy atom. The lowest BCUT2D eigenvalue weighted by atomic mass is 10.0. The van der Waals surface area contributed by atoms with Crippen LogP contribution in [0.2, 0.25) is 0 Å². The molecular formula is C19H22N2O4. The molecule has 0 unspecified atom stereocenters. The quantitative estimate of drug-likeness (QED) is 0.670. The Hall–Kier alpha value is -2.70. The molecule has 0 aromatic heterocycles. The molecule has 2 aromatic rings. The molecule has 4 N–H and O–H groups in total. The Kier molecular flexibility index (Phi) is 7.13. The summed E-state index contributed by atoms with van der Waals surface area (Å²) in [5.74, 6) is 0.997. The van der Waals surface area contributed by atoms with Crippen molar-refractivity contribution in [3.05, 3.63) is 59.7 Å². The van der Waals surface area contributed by atoms with Crippen molar-refractivity contribution in [2.45, 2.75) is 6.42 Å². The first-order chi connectivity index (χ1) is 12.1. The first-order valence-corrected chi connectivity index (χ1v) is 7.97. The minimum Gasteiger partial charge on any atom is -0.486 e. The molecular weight excluding hydrogens is 320 g/mol. The van der Waals surface area contributed by atoms with Crippen molar-refractivity contribution in [1.82, 2.24) is 0 Å². The van der Waals surface area contributed by atoms with E-state index in [1.54, 1.807) is 0 Å². The number of Topliss-reactive ketones (excluding diaryl/α,β-unsaturated/α-hetero) is 2. The van der Waals surface area contributed by atoms with Crippen molar-refractivity contribution >= 4 is 11.6 Å². The van der Waals surface area contributed by atoms with Gasteiger partial charge in [-0.1, -0.05) is 24.3 Å². The van der Waals surface area contributed by atoms with E-state index in [9.17, 15) is 9.59 Å². The molecule has 0 aliphatic carbocycles. The van der Waals surface area contributed by atoms with Crippen LogP contribution in [0.15, 0.2) is 48.5 Å². The zero-order chi connectivity index (χ0) is 18.1. The van der Waals surface area contributed by atoms with Gasteiger partial charge in [0.25, 0.3) is 0 Å². The van der Waals surface area contributed by atoms with Gasteiger partial charge in [0.2, 0.25) is 0 Å². The topological polar surface area (TPSA) is 105 Å². The summed E-state index contributed by atoms with van der Waals surface area (Å²) in [5.41, 5.74) is 12.7. The Balaban J connectivity index is 1.87. The highest BCUT2D eigenvalue weighted by molar-refractivity contribution is 5.82. The van der Waals surface area contributed by atoms with Gasteiger partial charge < -0.3 is 20.9 Å². The number of hydrogen-bond donors (Lipinski definition) is 2. The molecule has 0 radical (unpaired) electrons. The van der Waals surface area contributed by atoms with Crippen molar-refractivity contribution < 1.29 is 19.1 Å². The third-order valence-electron chi connectivity index (χ3n) is 3.51. The van der Waals surface area contributed by atoms with Crippen LogP contribution in [0.25, 0.3) is 0 Å². The lowest BCUT2D eigenvalue weighted by molar-refractivity contribution is -0.120. The fourth-order valence-electron chi connectivity index (χ4n) is 2.09. The van der Waals surface area contributed by atoms with Crippen LogP contribution in [0.1, 0.15) is 11.1 Å². The number of nitrogens with two attached hydrogens (primary N) is 2. The molecule has 0 saturated heterocycles. The first-order valence-electron chi connectivity index (χ1n) is 7.97. The van der Waals surface area contributed by atoms with Crippen LogP contribution in [0.3, 0.4) is 0 Å². The molecule has 0 spiro atoms. The maximum absolute atomic E-state index is 11.1. The SMILES string of the molecule is NCC(=O)COc1ccc(Cc2ccc(OCC(=O)CN)cc2)cc1. The van der Waals surface area contributed by atoms with E-state index in [0.717, 1.165) is 17.5 Å². The fourth-order valence-corrected chi connectivity index (χ4v) is 2.09. The third kappa shape index (κ3) is 6.37. The van der Waals surface area contributed by atoms with Gasteiger partial charge in [-0.2, -0.15) is 0 Å². The van der Waals surface area contributed by atoms with E-state index in [0.29, 0.717) is 11.5 Å². The molecule has 0 amide bonds. The molecule has 2 rings (SSSR count). The summed E-state index contributed by atoms with van der Waals surface area (Å²) in [6, 6.07) is 15.1.